The zero-order valence-electron chi connectivity index (χ0n) is 11.8. The van der Waals surface area contributed by atoms with Crippen molar-refractivity contribution in [3.05, 3.63) is 30.1 Å². The topological polar surface area (TPSA) is 23.5 Å². The highest BCUT2D eigenvalue weighted by atomic mass is 19.1. The second-order valence-electron chi connectivity index (χ2n) is 5.75. The lowest BCUT2D eigenvalue weighted by molar-refractivity contribution is 0.0510. The molecule has 1 fully saturated rings. The summed E-state index contributed by atoms with van der Waals surface area (Å²) >= 11 is 0. The minimum absolute atomic E-state index is 0.192. The molecule has 0 heterocycles. The summed E-state index contributed by atoms with van der Waals surface area (Å²) in [7, 11) is 1.90. The third kappa shape index (κ3) is 3.47. The van der Waals surface area contributed by atoms with E-state index in [0.29, 0.717) is 11.6 Å². The van der Waals surface area contributed by atoms with Gasteiger partial charge < -0.3 is 10.0 Å². The van der Waals surface area contributed by atoms with Crippen LogP contribution < -0.4 is 4.90 Å². The van der Waals surface area contributed by atoms with Gasteiger partial charge in [0.25, 0.3) is 0 Å². The molecule has 2 nitrogen and oxygen atoms in total. The fourth-order valence-electron chi connectivity index (χ4n) is 3.12. The molecule has 0 aromatic heterocycles. The average molecular weight is 265 g/mol. The number of anilines is 1. The Morgan fingerprint density at radius 1 is 1.32 bits per heavy atom. The molecule has 0 aliphatic heterocycles. The van der Waals surface area contributed by atoms with E-state index in [1.807, 2.05) is 18.0 Å². The molecule has 1 N–H and O–H groups in total. The van der Waals surface area contributed by atoms with Gasteiger partial charge in [-0.05, 0) is 37.3 Å². The van der Waals surface area contributed by atoms with Crippen molar-refractivity contribution in [3.8, 4) is 0 Å². The van der Waals surface area contributed by atoms with Gasteiger partial charge in [-0.25, -0.2) is 4.39 Å². The molecule has 0 bridgehead atoms. The molecule has 0 saturated heterocycles. The van der Waals surface area contributed by atoms with Crippen LogP contribution in [-0.2, 0) is 0 Å². The molecule has 1 saturated carbocycles. The molecule has 19 heavy (non-hydrogen) atoms. The molecule has 2 rings (SSSR count). The van der Waals surface area contributed by atoms with Crippen LogP contribution in [0.25, 0.3) is 0 Å². The second-order valence-corrected chi connectivity index (χ2v) is 5.75. The third-order valence-corrected chi connectivity index (χ3v) is 4.40. The smallest absolute Gasteiger partial charge is 0.146 e. The Morgan fingerprint density at radius 2 is 2.05 bits per heavy atom. The normalized spacial score (nSPS) is 27.3. The molecular formula is C16H24FNO. The van der Waals surface area contributed by atoms with E-state index >= 15 is 0 Å². The predicted octanol–water partition coefficient (Wildman–Crippen LogP) is 3.45. The van der Waals surface area contributed by atoms with Gasteiger partial charge in [0, 0.05) is 19.5 Å². The largest absolute Gasteiger partial charge is 0.393 e. The summed E-state index contributed by atoms with van der Waals surface area (Å²) < 4.78 is 13.7. The van der Waals surface area contributed by atoms with Crippen molar-refractivity contribution in [3.63, 3.8) is 0 Å². The fourth-order valence-corrected chi connectivity index (χ4v) is 3.12. The fraction of sp³-hybridized carbons (Fsp3) is 0.625. The van der Waals surface area contributed by atoms with Crippen molar-refractivity contribution in [1.29, 1.82) is 0 Å². The van der Waals surface area contributed by atoms with Gasteiger partial charge >= 0.3 is 0 Å². The standard InChI is InChI=1S/C16H24FNO/c1-3-12-8-9-16(19)13(10-12)11-18(2)15-7-5-4-6-14(15)17/h4-7,12-13,16,19H,3,8-11H2,1-2H3. The van der Waals surface area contributed by atoms with Crippen LogP contribution in [0.5, 0.6) is 0 Å². The highest BCUT2D eigenvalue weighted by molar-refractivity contribution is 5.46. The summed E-state index contributed by atoms with van der Waals surface area (Å²) in [5, 5.41) is 10.1. The number of hydrogen-bond acceptors (Lipinski definition) is 2. The van der Waals surface area contributed by atoms with Gasteiger partial charge in [-0.3, -0.25) is 0 Å². The SMILES string of the molecule is CCC1CCC(O)C(CN(C)c2ccccc2F)C1. The summed E-state index contributed by atoms with van der Waals surface area (Å²) in [4.78, 5) is 1.93. The Balaban J connectivity index is 2.01. The first-order chi connectivity index (χ1) is 9.11. The summed E-state index contributed by atoms with van der Waals surface area (Å²) in [6.07, 6.45) is 3.99. The second kappa shape index (κ2) is 6.38. The molecule has 3 heteroatoms. The van der Waals surface area contributed by atoms with E-state index in [0.717, 1.165) is 25.8 Å². The van der Waals surface area contributed by atoms with E-state index in [4.69, 9.17) is 0 Å². The van der Waals surface area contributed by atoms with E-state index < -0.39 is 0 Å². The number of nitrogens with zero attached hydrogens (tertiary/aromatic N) is 1. The van der Waals surface area contributed by atoms with Crippen LogP contribution in [0, 0.1) is 17.7 Å². The maximum Gasteiger partial charge on any atom is 0.146 e. The number of benzene rings is 1. The highest BCUT2D eigenvalue weighted by Crippen LogP contribution is 2.32. The Bertz CT molecular complexity index is 409. The van der Waals surface area contributed by atoms with Crippen LogP contribution >= 0.6 is 0 Å². The Hall–Kier alpha value is -1.09. The van der Waals surface area contributed by atoms with Crippen LogP contribution in [0.2, 0.25) is 0 Å². The summed E-state index contributed by atoms with van der Waals surface area (Å²) in [6.45, 7) is 2.93. The number of rotatable bonds is 4. The lowest BCUT2D eigenvalue weighted by Gasteiger charge is -2.36. The lowest BCUT2D eigenvalue weighted by Crippen LogP contribution is -2.37. The van der Waals surface area contributed by atoms with Crippen molar-refractivity contribution in [2.75, 3.05) is 18.5 Å². The van der Waals surface area contributed by atoms with Crippen molar-refractivity contribution in [2.24, 2.45) is 11.8 Å². The molecule has 0 radical (unpaired) electrons. The molecule has 3 unspecified atom stereocenters. The number of aliphatic hydroxyl groups is 1. The van der Waals surface area contributed by atoms with E-state index in [1.54, 1.807) is 12.1 Å². The Labute approximate surface area is 115 Å². The van der Waals surface area contributed by atoms with Gasteiger partial charge in [-0.2, -0.15) is 0 Å². The van der Waals surface area contributed by atoms with Gasteiger partial charge in [-0.15, -0.1) is 0 Å². The molecule has 1 aromatic carbocycles. The van der Waals surface area contributed by atoms with E-state index in [9.17, 15) is 9.50 Å². The zero-order chi connectivity index (χ0) is 13.8. The number of para-hydroxylation sites is 1. The van der Waals surface area contributed by atoms with Gasteiger partial charge in [-0.1, -0.05) is 25.5 Å². The van der Waals surface area contributed by atoms with Gasteiger partial charge in [0.15, 0.2) is 0 Å². The van der Waals surface area contributed by atoms with E-state index in [-0.39, 0.29) is 17.8 Å². The number of aliphatic hydroxyl groups excluding tert-OH is 1. The molecule has 0 spiro atoms. The van der Waals surface area contributed by atoms with Crippen molar-refractivity contribution >= 4 is 5.69 Å². The van der Waals surface area contributed by atoms with Crippen LogP contribution in [0.3, 0.4) is 0 Å². The minimum Gasteiger partial charge on any atom is -0.393 e. The van der Waals surface area contributed by atoms with E-state index in [2.05, 4.69) is 6.92 Å². The first kappa shape index (κ1) is 14.3. The van der Waals surface area contributed by atoms with Crippen LogP contribution in [0.15, 0.2) is 24.3 Å². The maximum atomic E-state index is 13.7. The molecule has 1 aliphatic rings. The Morgan fingerprint density at radius 3 is 2.74 bits per heavy atom. The monoisotopic (exact) mass is 265 g/mol. The molecule has 106 valence electrons. The number of halogens is 1. The Kier molecular flexibility index (Phi) is 4.81. The highest BCUT2D eigenvalue weighted by Gasteiger charge is 2.29. The van der Waals surface area contributed by atoms with Crippen molar-refractivity contribution < 1.29 is 9.50 Å². The van der Waals surface area contributed by atoms with Crippen molar-refractivity contribution in [1.82, 2.24) is 0 Å². The van der Waals surface area contributed by atoms with Gasteiger partial charge in [0.2, 0.25) is 0 Å². The van der Waals surface area contributed by atoms with Gasteiger partial charge in [0.1, 0.15) is 5.82 Å². The minimum atomic E-state index is -0.239. The summed E-state index contributed by atoms with van der Waals surface area (Å²) in [5.74, 6) is 0.771. The predicted molar refractivity (Wildman–Crippen MR) is 76.8 cm³/mol. The van der Waals surface area contributed by atoms with Crippen LogP contribution in [0.4, 0.5) is 10.1 Å². The summed E-state index contributed by atoms with van der Waals surface area (Å²) in [5.41, 5.74) is 0.619. The third-order valence-electron chi connectivity index (χ3n) is 4.40. The molecule has 3 atom stereocenters. The number of hydrogen-bond donors (Lipinski definition) is 1. The molecular weight excluding hydrogens is 241 g/mol. The first-order valence-electron chi connectivity index (χ1n) is 7.25. The summed E-state index contributed by atoms with van der Waals surface area (Å²) in [6, 6.07) is 6.83. The quantitative estimate of drug-likeness (QED) is 0.901. The first-order valence-corrected chi connectivity index (χ1v) is 7.25. The van der Waals surface area contributed by atoms with Gasteiger partial charge in [0.05, 0.1) is 11.8 Å². The average Bonchev–Trinajstić information content (AvgIpc) is 2.41. The van der Waals surface area contributed by atoms with Crippen LogP contribution in [-0.4, -0.2) is 24.8 Å². The molecule has 1 aliphatic carbocycles. The molecule has 0 amide bonds. The molecule has 1 aromatic rings. The zero-order valence-corrected chi connectivity index (χ0v) is 11.8. The van der Waals surface area contributed by atoms with Crippen LogP contribution in [0.1, 0.15) is 32.6 Å². The van der Waals surface area contributed by atoms with Crippen molar-refractivity contribution in [2.45, 2.75) is 38.7 Å². The lowest BCUT2D eigenvalue weighted by atomic mass is 9.78. The maximum absolute atomic E-state index is 13.7. The van der Waals surface area contributed by atoms with E-state index in [1.165, 1.54) is 12.5 Å².